The summed E-state index contributed by atoms with van der Waals surface area (Å²) < 4.78 is 16.7. The summed E-state index contributed by atoms with van der Waals surface area (Å²) in [6.45, 7) is 6.60. The van der Waals surface area contributed by atoms with E-state index in [2.05, 4.69) is 32.9 Å². The second-order valence-corrected chi connectivity index (χ2v) is 17.1. The summed E-state index contributed by atoms with van der Waals surface area (Å²) in [6.07, 6.45) is 50.6. The zero-order chi connectivity index (χ0) is 41.5. The third-order valence-electron chi connectivity index (χ3n) is 11.3. The molecule has 336 valence electrons. The van der Waals surface area contributed by atoms with Crippen molar-refractivity contribution in [3.8, 4) is 0 Å². The van der Waals surface area contributed by atoms with Crippen molar-refractivity contribution < 1.29 is 28.6 Å². The van der Waals surface area contributed by atoms with Gasteiger partial charge in [-0.05, 0) is 38.5 Å². The van der Waals surface area contributed by atoms with Gasteiger partial charge in [0, 0.05) is 19.3 Å². The molecule has 0 amide bonds. The lowest BCUT2D eigenvalue weighted by Gasteiger charge is -2.18. The SMILES string of the molecule is CCCC/C=C\CCCCCCCC(=O)OC(COC(=O)CCCCCCCCCCC)COC(=O)CCCCCCCCCCCCCCCCCCCCC. The molecule has 0 bridgehead atoms. The molecule has 0 aliphatic rings. The van der Waals surface area contributed by atoms with Crippen molar-refractivity contribution in [1.82, 2.24) is 0 Å². The van der Waals surface area contributed by atoms with Crippen LogP contribution < -0.4 is 0 Å². The molecule has 0 aromatic rings. The van der Waals surface area contributed by atoms with Crippen LogP contribution in [0.25, 0.3) is 0 Å². The van der Waals surface area contributed by atoms with Crippen molar-refractivity contribution in [3.63, 3.8) is 0 Å². The van der Waals surface area contributed by atoms with Crippen molar-refractivity contribution in [1.29, 1.82) is 0 Å². The van der Waals surface area contributed by atoms with Gasteiger partial charge in [0.25, 0.3) is 0 Å². The van der Waals surface area contributed by atoms with Crippen LogP contribution in [-0.4, -0.2) is 37.2 Å². The maximum atomic E-state index is 12.7. The second-order valence-electron chi connectivity index (χ2n) is 17.1. The highest BCUT2D eigenvalue weighted by Crippen LogP contribution is 2.16. The first-order chi connectivity index (χ1) is 28.0. The highest BCUT2D eigenvalue weighted by molar-refractivity contribution is 5.71. The van der Waals surface area contributed by atoms with E-state index in [1.54, 1.807) is 0 Å². The Balaban J connectivity index is 4.21. The number of hydrogen-bond acceptors (Lipinski definition) is 6. The maximum Gasteiger partial charge on any atom is 0.306 e. The van der Waals surface area contributed by atoms with Gasteiger partial charge in [-0.2, -0.15) is 0 Å². The normalized spacial score (nSPS) is 12.0. The van der Waals surface area contributed by atoms with Crippen LogP contribution in [0.15, 0.2) is 12.2 Å². The maximum absolute atomic E-state index is 12.7. The van der Waals surface area contributed by atoms with E-state index in [0.29, 0.717) is 19.3 Å². The highest BCUT2D eigenvalue weighted by Gasteiger charge is 2.19. The number of rotatable bonds is 46. The molecule has 0 fully saturated rings. The smallest absolute Gasteiger partial charge is 0.306 e. The van der Waals surface area contributed by atoms with Gasteiger partial charge in [-0.25, -0.2) is 0 Å². The minimum atomic E-state index is -0.766. The molecule has 0 spiro atoms. The molecule has 0 N–H and O–H groups in total. The van der Waals surface area contributed by atoms with Gasteiger partial charge in [0.1, 0.15) is 13.2 Å². The molecule has 6 nitrogen and oxygen atoms in total. The van der Waals surface area contributed by atoms with E-state index in [4.69, 9.17) is 14.2 Å². The van der Waals surface area contributed by atoms with Crippen LogP contribution in [0.3, 0.4) is 0 Å². The Morgan fingerprint density at radius 2 is 0.596 bits per heavy atom. The Kier molecular flexibility index (Phi) is 45.3. The number of ether oxygens (including phenoxy) is 3. The van der Waals surface area contributed by atoms with Crippen molar-refractivity contribution in [2.24, 2.45) is 0 Å². The van der Waals surface area contributed by atoms with Crippen LogP contribution in [0.2, 0.25) is 0 Å². The lowest BCUT2D eigenvalue weighted by atomic mass is 10.0. The van der Waals surface area contributed by atoms with Crippen LogP contribution in [-0.2, 0) is 28.6 Å². The number of esters is 3. The summed E-state index contributed by atoms with van der Waals surface area (Å²) in [5.74, 6) is -0.868. The Bertz CT molecular complexity index is 885. The van der Waals surface area contributed by atoms with E-state index >= 15 is 0 Å². The number of unbranched alkanes of at least 4 members (excludes halogenated alkanes) is 33. The average Bonchev–Trinajstić information content (AvgIpc) is 3.21. The number of allylic oxidation sites excluding steroid dienone is 2. The molecule has 0 aliphatic heterocycles. The van der Waals surface area contributed by atoms with Gasteiger partial charge < -0.3 is 14.2 Å². The molecule has 0 heterocycles. The molecular formula is C51H96O6. The summed E-state index contributed by atoms with van der Waals surface area (Å²) in [6, 6.07) is 0. The van der Waals surface area contributed by atoms with Gasteiger partial charge in [-0.3, -0.25) is 14.4 Å². The molecule has 0 saturated heterocycles. The van der Waals surface area contributed by atoms with Gasteiger partial charge in [-0.15, -0.1) is 0 Å². The molecule has 0 aliphatic carbocycles. The van der Waals surface area contributed by atoms with Gasteiger partial charge in [0.2, 0.25) is 0 Å². The Morgan fingerprint density at radius 1 is 0.333 bits per heavy atom. The van der Waals surface area contributed by atoms with Gasteiger partial charge in [-0.1, -0.05) is 232 Å². The zero-order valence-electron chi connectivity index (χ0n) is 38.4. The fourth-order valence-electron chi connectivity index (χ4n) is 7.42. The molecule has 0 radical (unpaired) electrons. The summed E-state index contributed by atoms with van der Waals surface area (Å²) in [5.41, 5.74) is 0. The number of hydrogen-bond donors (Lipinski definition) is 0. The minimum Gasteiger partial charge on any atom is -0.462 e. The van der Waals surface area contributed by atoms with E-state index in [1.807, 2.05) is 0 Å². The monoisotopic (exact) mass is 805 g/mol. The molecule has 57 heavy (non-hydrogen) atoms. The summed E-state index contributed by atoms with van der Waals surface area (Å²) in [7, 11) is 0. The summed E-state index contributed by atoms with van der Waals surface area (Å²) >= 11 is 0. The van der Waals surface area contributed by atoms with Crippen molar-refractivity contribution >= 4 is 17.9 Å². The fourth-order valence-corrected chi connectivity index (χ4v) is 7.42. The predicted molar refractivity (Wildman–Crippen MR) is 243 cm³/mol. The Morgan fingerprint density at radius 3 is 0.930 bits per heavy atom. The molecule has 0 rings (SSSR count). The molecule has 1 unspecified atom stereocenters. The third kappa shape index (κ3) is 45.1. The van der Waals surface area contributed by atoms with Gasteiger partial charge in [0.05, 0.1) is 0 Å². The second kappa shape index (κ2) is 46.8. The van der Waals surface area contributed by atoms with E-state index in [1.165, 1.54) is 173 Å². The van der Waals surface area contributed by atoms with Crippen molar-refractivity contribution in [2.45, 2.75) is 284 Å². The molecule has 0 aromatic carbocycles. The van der Waals surface area contributed by atoms with Crippen molar-refractivity contribution in [2.75, 3.05) is 13.2 Å². The van der Waals surface area contributed by atoms with Crippen LogP contribution in [0.4, 0.5) is 0 Å². The molecule has 0 aromatic heterocycles. The molecule has 0 saturated carbocycles. The first-order valence-electron chi connectivity index (χ1n) is 25.2. The van der Waals surface area contributed by atoms with Crippen molar-refractivity contribution in [3.05, 3.63) is 12.2 Å². The van der Waals surface area contributed by atoms with E-state index in [0.717, 1.165) is 64.2 Å². The average molecular weight is 805 g/mol. The largest absolute Gasteiger partial charge is 0.462 e. The van der Waals surface area contributed by atoms with Crippen LogP contribution in [0, 0.1) is 0 Å². The summed E-state index contributed by atoms with van der Waals surface area (Å²) in [4.78, 5) is 37.8. The van der Waals surface area contributed by atoms with Crippen LogP contribution >= 0.6 is 0 Å². The molecular weight excluding hydrogens is 709 g/mol. The number of carbonyl (C=O) groups is 3. The Labute approximate surface area is 354 Å². The van der Waals surface area contributed by atoms with Crippen LogP contribution in [0.5, 0.6) is 0 Å². The first-order valence-corrected chi connectivity index (χ1v) is 25.2. The van der Waals surface area contributed by atoms with Crippen LogP contribution in [0.1, 0.15) is 278 Å². The fraction of sp³-hybridized carbons (Fsp3) is 0.902. The lowest BCUT2D eigenvalue weighted by Crippen LogP contribution is -2.30. The molecule has 1 atom stereocenters. The number of carbonyl (C=O) groups excluding carboxylic acids is 3. The molecule has 6 heteroatoms. The summed E-state index contributed by atoms with van der Waals surface area (Å²) in [5, 5.41) is 0. The topological polar surface area (TPSA) is 78.9 Å². The lowest BCUT2D eigenvalue weighted by molar-refractivity contribution is -0.167. The zero-order valence-corrected chi connectivity index (χ0v) is 38.4. The van der Waals surface area contributed by atoms with Gasteiger partial charge in [0.15, 0.2) is 6.10 Å². The highest BCUT2D eigenvalue weighted by atomic mass is 16.6. The predicted octanol–water partition coefficient (Wildman–Crippen LogP) is 16.2. The minimum absolute atomic E-state index is 0.0687. The first kappa shape index (κ1) is 55.2. The van der Waals surface area contributed by atoms with Gasteiger partial charge >= 0.3 is 17.9 Å². The van der Waals surface area contributed by atoms with E-state index in [-0.39, 0.29) is 31.1 Å². The Hall–Kier alpha value is -1.85. The quantitative estimate of drug-likeness (QED) is 0.0264. The standard InChI is InChI=1S/C51H96O6/c1-4-7-10-13-16-19-21-22-23-24-25-26-27-28-30-32-35-38-41-44-50(53)56-47-48(46-55-49(52)43-40-37-34-31-18-15-12-9-6-3)57-51(54)45-42-39-36-33-29-20-17-14-11-8-5-2/h14,17,48H,4-13,15-16,18-47H2,1-3H3/b17-14-. The van der Waals surface area contributed by atoms with E-state index < -0.39 is 6.10 Å². The van der Waals surface area contributed by atoms with E-state index in [9.17, 15) is 14.4 Å². The third-order valence-corrected chi connectivity index (χ3v) is 11.3.